The molecule has 1 aliphatic rings. The Labute approximate surface area is 161 Å². The number of carbonyl (C=O) groups excluding carboxylic acids is 1. The Bertz CT molecular complexity index is 768. The Morgan fingerprint density at radius 1 is 1.11 bits per heavy atom. The zero-order valence-corrected chi connectivity index (χ0v) is 16.3. The van der Waals surface area contributed by atoms with E-state index in [1.807, 2.05) is 25.1 Å². The first-order chi connectivity index (χ1) is 13.0. The average molecular weight is 368 g/mol. The molecule has 144 valence electrons. The van der Waals surface area contributed by atoms with E-state index in [0.29, 0.717) is 6.54 Å². The van der Waals surface area contributed by atoms with Crippen molar-refractivity contribution in [2.75, 3.05) is 31.2 Å². The lowest BCUT2D eigenvalue weighted by Crippen LogP contribution is -2.36. The van der Waals surface area contributed by atoms with Crippen molar-refractivity contribution >= 4 is 11.6 Å². The maximum absolute atomic E-state index is 12.3. The summed E-state index contributed by atoms with van der Waals surface area (Å²) in [6.45, 7) is 9.74. The summed E-state index contributed by atoms with van der Waals surface area (Å²) < 4.78 is 11.2. The van der Waals surface area contributed by atoms with Crippen LogP contribution in [0.25, 0.3) is 0 Å². The lowest BCUT2D eigenvalue weighted by molar-refractivity contribution is -0.127. The fourth-order valence-corrected chi connectivity index (χ4v) is 3.02. The SMILES string of the molecule is Cc1ccc(OC(C)C(=O)NCc2ccc(N3CCOCC3)cc2)cc1C. The Hall–Kier alpha value is -2.53. The molecule has 27 heavy (non-hydrogen) atoms. The molecule has 1 amide bonds. The number of nitrogens with zero attached hydrogens (tertiary/aromatic N) is 1. The average Bonchev–Trinajstić information content (AvgIpc) is 2.70. The molecule has 2 aromatic carbocycles. The van der Waals surface area contributed by atoms with Crippen molar-refractivity contribution in [1.29, 1.82) is 0 Å². The van der Waals surface area contributed by atoms with Crippen LogP contribution in [-0.4, -0.2) is 38.3 Å². The van der Waals surface area contributed by atoms with E-state index >= 15 is 0 Å². The highest BCUT2D eigenvalue weighted by molar-refractivity contribution is 5.80. The second kappa shape index (κ2) is 8.91. The van der Waals surface area contributed by atoms with Crippen LogP contribution in [0.15, 0.2) is 42.5 Å². The summed E-state index contributed by atoms with van der Waals surface area (Å²) in [5.74, 6) is 0.598. The molecule has 1 fully saturated rings. The third-order valence-corrected chi connectivity index (χ3v) is 4.94. The second-order valence-corrected chi connectivity index (χ2v) is 6.99. The van der Waals surface area contributed by atoms with Crippen molar-refractivity contribution in [1.82, 2.24) is 5.32 Å². The minimum absolute atomic E-state index is 0.120. The number of hydrogen-bond donors (Lipinski definition) is 1. The van der Waals surface area contributed by atoms with Crippen LogP contribution in [0, 0.1) is 13.8 Å². The van der Waals surface area contributed by atoms with Gasteiger partial charge in [-0.05, 0) is 61.7 Å². The normalized spacial score (nSPS) is 15.3. The van der Waals surface area contributed by atoms with Gasteiger partial charge in [0.15, 0.2) is 6.10 Å². The number of amides is 1. The Morgan fingerprint density at radius 3 is 2.48 bits per heavy atom. The van der Waals surface area contributed by atoms with Crippen LogP contribution in [0.1, 0.15) is 23.6 Å². The van der Waals surface area contributed by atoms with E-state index in [1.54, 1.807) is 6.92 Å². The van der Waals surface area contributed by atoms with E-state index in [2.05, 4.69) is 41.4 Å². The summed E-state index contributed by atoms with van der Waals surface area (Å²) >= 11 is 0. The Balaban J connectivity index is 1.49. The lowest BCUT2D eigenvalue weighted by Gasteiger charge is -2.28. The first-order valence-corrected chi connectivity index (χ1v) is 9.46. The molecule has 3 rings (SSSR count). The first kappa shape index (κ1) is 19.2. The molecule has 5 heteroatoms. The van der Waals surface area contributed by atoms with E-state index in [4.69, 9.17) is 9.47 Å². The topological polar surface area (TPSA) is 50.8 Å². The molecule has 0 radical (unpaired) electrons. The van der Waals surface area contributed by atoms with Crippen LogP contribution < -0.4 is 15.0 Å². The van der Waals surface area contributed by atoms with Gasteiger partial charge in [0.2, 0.25) is 0 Å². The summed E-state index contributed by atoms with van der Waals surface area (Å²) in [7, 11) is 0. The maximum Gasteiger partial charge on any atom is 0.261 e. The number of morpholine rings is 1. The molecule has 0 aromatic heterocycles. The summed E-state index contributed by atoms with van der Waals surface area (Å²) in [6, 6.07) is 14.2. The van der Waals surface area contributed by atoms with Gasteiger partial charge in [0.1, 0.15) is 5.75 Å². The van der Waals surface area contributed by atoms with Crippen LogP contribution >= 0.6 is 0 Å². The van der Waals surface area contributed by atoms with Gasteiger partial charge in [0.25, 0.3) is 5.91 Å². The summed E-state index contributed by atoms with van der Waals surface area (Å²) in [6.07, 6.45) is -0.542. The standard InChI is InChI=1S/C22H28N2O3/c1-16-4-9-21(14-17(16)2)27-18(3)22(25)23-15-19-5-7-20(8-6-19)24-10-12-26-13-11-24/h4-9,14,18H,10-13,15H2,1-3H3,(H,23,25). The van der Waals surface area contributed by atoms with Gasteiger partial charge in [-0.3, -0.25) is 4.79 Å². The molecule has 2 aromatic rings. The first-order valence-electron chi connectivity index (χ1n) is 9.46. The van der Waals surface area contributed by atoms with Crippen molar-refractivity contribution in [3.63, 3.8) is 0 Å². The molecule has 0 spiro atoms. The Morgan fingerprint density at radius 2 is 1.81 bits per heavy atom. The van der Waals surface area contributed by atoms with Gasteiger partial charge < -0.3 is 19.7 Å². The summed E-state index contributed by atoms with van der Waals surface area (Å²) in [5.41, 5.74) is 4.62. The molecule has 0 bridgehead atoms. The zero-order chi connectivity index (χ0) is 19.2. The van der Waals surface area contributed by atoms with Gasteiger partial charge in [0.05, 0.1) is 13.2 Å². The molecule has 1 atom stereocenters. The van der Waals surface area contributed by atoms with E-state index < -0.39 is 6.10 Å². The molecular formula is C22H28N2O3. The summed E-state index contributed by atoms with van der Waals surface area (Å²) in [4.78, 5) is 14.6. The van der Waals surface area contributed by atoms with Crippen molar-refractivity contribution in [2.45, 2.75) is 33.4 Å². The minimum atomic E-state index is -0.542. The number of aryl methyl sites for hydroxylation is 2. The smallest absolute Gasteiger partial charge is 0.261 e. The summed E-state index contributed by atoms with van der Waals surface area (Å²) in [5, 5.41) is 2.95. The molecule has 1 saturated heterocycles. The maximum atomic E-state index is 12.3. The largest absolute Gasteiger partial charge is 0.481 e. The molecule has 0 saturated carbocycles. The molecule has 5 nitrogen and oxygen atoms in total. The fourth-order valence-electron chi connectivity index (χ4n) is 3.02. The predicted molar refractivity (Wildman–Crippen MR) is 107 cm³/mol. The van der Waals surface area contributed by atoms with Gasteiger partial charge in [-0.2, -0.15) is 0 Å². The third-order valence-electron chi connectivity index (χ3n) is 4.94. The number of nitrogens with one attached hydrogen (secondary N) is 1. The van der Waals surface area contributed by atoms with Crippen molar-refractivity contribution in [2.24, 2.45) is 0 Å². The highest BCUT2D eigenvalue weighted by Gasteiger charge is 2.15. The third kappa shape index (κ3) is 5.23. The number of rotatable bonds is 6. The van der Waals surface area contributed by atoms with Gasteiger partial charge in [-0.25, -0.2) is 0 Å². The Kier molecular flexibility index (Phi) is 6.35. The van der Waals surface area contributed by atoms with Crippen molar-refractivity contribution < 1.29 is 14.3 Å². The van der Waals surface area contributed by atoms with E-state index in [-0.39, 0.29) is 5.91 Å². The van der Waals surface area contributed by atoms with Gasteiger partial charge in [-0.1, -0.05) is 18.2 Å². The van der Waals surface area contributed by atoms with Crippen LogP contribution in [0.5, 0.6) is 5.75 Å². The second-order valence-electron chi connectivity index (χ2n) is 6.99. The van der Waals surface area contributed by atoms with Crippen LogP contribution in [-0.2, 0) is 16.1 Å². The zero-order valence-electron chi connectivity index (χ0n) is 16.3. The number of hydrogen-bond acceptors (Lipinski definition) is 4. The van der Waals surface area contributed by atoms with Crippen LogP contribution in [0.2, 0.25) is 0 Å². The van der Waals surface area contributed by atoms with Gasteiger partial charge >= 0.3 is 0 Å². The molecule has 1 aliphatic heterocycles. The van der Waals surface area contributed by atoms with Crippen LogP contribution in [0.4, 0.5) is 5.69 Å². The molecular weight excluding hydrogens is 340 g/mol. The number of anilines is 1. The molecule has 1 unspecified atom stereocenters. The highest BCUT2D eigenvalue weighted by Crippen LogP contribution is 2.18. The molecule has 0 aliphatic carbocycles. The van der Waals surface area contributed by atoms with E-state index in [1.165, 1.54) is 11.3 Å². The van der Waals surface area contributed by atoms with E-state index in [0.717, 1.165) is 43.2 Å². The number of carbonyl (C=O) groups is 1. The van der Waals surface area contributed by atoms with Gasteiger partial charge in [0, 0.05) is 25.3 Å². The molecule has 1 heterocycles. The number of benzene rings is 2. The predicted octanol–water partition coefficient (Wildman–Crippen LogP) is 3.22. The number of ether oxygens (including phenoxy) is 2. The van der Waals surface area contributed by atoms with Crippen molar-refractivity contribution in [3.05, 3.63) is 59.2 Å². The minimum Gasteiger partial charge on any atom is -0.481 e. The fraction of sp³-hybridized carbons (Fsp3) is 0.409. The van der Waals surface area contributed by atoms with Crippen molar-refractivity contribution in [3.8, 4) is 5.75 Å². The van der Waals surface area contributed by atoms with E-state index in [9.17, 15) is 4.79 Å². The van der Waals surface area contributed by atoms with Gasteiger partial charge in [-0.15, -0.1) is 0 Å². The lowest BCUT2D eigenvalue weighted by atomic mass is 10.1. The monoisotopic (exact) mass is 368 g/mol. The highest BCUT2D eigenvalue weighted by atomic mass is 16.5. The quantitative estimate of drug-likeness (QED) is 0.851. The van der Waals surface area contributed by atoms with Crippen LogP contribution in [0.3, 0.4) is 0 Å². The molecule has 1 N–H and O–H groups in total.